The molecule has 3 rings (SSSR count). The highest BCUT2D eigenvalue weighted by atomic mass is 35.5. The fraction of sp³-hybridized carbons (Fsp3) is 0.200. The van der Waals surface area contributed by atoms with Gasteiger partial charge in [0, 0.05) is 21.2 Å². The highest BCUT2D eigenvalue weighted by Crippen LogP contribution is 2.29. The number of amides is 1. The highest BCUT2D eigenvalue weighted by molar-refractivity contribution is 6.36. The second-order valence-corrected chi connectivity index (χ2v) is 7.03. The second-order valence-electron chi connectivity index (χ2n) is 6.22. The summed E-state index contributed by atoms with van der Waals surface area (Å²) in [5, 5.41) is 4.12. The molecule has 1 atom stereocenters. The third-order valence-corrected chi connectivity index (χ3v) is 4.89. The lowest BCUT2D eigenvalue weighted by molar-refractivity contribution is -0.118. The number of nitrogens with one attached hydrogen (secondary N) is 1. The molecule has 0 aliphatic heterocycles. The number of nitrogens with zero attached hydrogens (tertiary/aromatic N) is 2. The predicted molar refractivity (Wildman–Crippen MR) is 107 cm³/mol. The molecule has 134 valence electrons. The molecule has 1 amide bonds. The molecule has 26 heavy (non-hydrogen) atoms. The third kappa shape index (κ3) is 3.62. The van der Waals surface area contributed by atoms with Gasteiger partial charge in [-0.05, 0) is 38.1 Å². The van der Waals surface area contributed by atoms with Crippen LogP contribution in [-0.2, 0) is 11.3 Å². The molecule has 0 fully saturated rings. The number of hydrogen-bond donors (Lipinski definition) is 1. The van der Waals surface area contributed by atoms with Crippen LogP contribution < -0.4 is 5.32 Å². The van der Waals surface area contributed by atoms with Crippen LogP contribution in [0.2, 0.25) is 10.0 Å². The molecule has 0 saturated carbocycles. The quantitative estimate of drug-likeness (QED) is 0.615. The van der Waals surface area contributed by atoms with Crippen LogP contribution >= 0.6 is 23.2 Å². The van der Waals surface area contributed by atoms with Crippen LogP contribution in [-0.4, -0.2) is 15.5 Å². The van der Waals surface area contributed by atoms with E-state index in [0.29, 0.717) is 22.2 Å². The Labute approximate surface area is 162 Å². The number of rotatable bonds is 5. The lowest BCUT2D eigenvalue weighted by Gasteiger charge is -2.17. The maximum absolute atomic E-state index is 12.0. The summed E-state index contributed by atoms with van der Waals surface area (Å²) < 4.78 is 2.03. The first-order valence-electron chi connectivity index (χ1n) is 8.23. The van der Waals surface area contributed by atoms with Crippen molar-refractivity contribution < 1.29 is 4.79 Å². The average molecular weight is 388 g/mol. The molecule has 0 radical (unpaired) electrons. The van der Waals surface area contributed by atoms with Crippen LogP contribution in [0.1, 0.15) is 31.3 Å². The first-order chi connectivity index (χ1) is 12.4. The zero-order valence-corrected chi connectivity index (χ0v) is 16.1. The topological polar surface area (TPSA) is 46.9 Å². The molecule has 1 unspecified atom stereocenters. The molecule has 0 saturated heterocycles. The van der Waals surface area contributed by atoms with Crippen molar-refractivity contribution in [2.75, 3.05) is 0 Å². The minimum absolute atomic E-state index is 0.202. The maximum Gasteiger partial charge on any atom is 0.246 e. The first-order valence-corrected chi connectivity index (χ1v) is 8.98. The van der Waals surface area contributed by atoms with Crippen molar-refractivity contribution in [3.8, 4) is 0 Å². The second kappa shape index (κ2) is 7.52. The van der Waals surface area contributed by atoms with Crippen LogP contribution in [0.4, 0.5) is 0 Å². The van der Waals surface area contributed by atoms with Crippen LogP contribution in [0, 0.1) is 0 Å². The maximum atomic E-state index is 12.0. The zero-order valence-electron chi connectivity index (χ0n) is 14.6. The third-order valence-electron chi connectivity index (χ3n) is 4.18. The Morgan fingerprint density at radius 2 is 1.85 bits per heavy atom. The molecule has 0 spiro atoms. The molecule has 0 aliphatic rings. The largest absolute Gasteiger partial charge is 0.343 e. The highest BCUT2D eigenvalue weighted by Gasteiger charge is 2.20. The van der Waals surface area contributed by atoms with Gasteiger partial charge in [0.25, 0.3) is 0 Å². The molecule has 0 aliphatic carbocycles. The Morgan fingerprint density at radius 1 is 1.19 bits per heavy atom. The van der Waals surface area contributed by atoms with E-state index in [4.69, 9.17) is 28.2 Å². The van der Waals surface area contributed by atoms with Gasteiger partial charge in [0.15, 0.2) is 0 Å². The van der Waals surface area contributed by atoms with Crippen molar-refractivity contribution in [2.45, 2.75) is 26.4 Å². The minimum Gasteiger partial charge on any atom is -0.343 e. The fourth-order valence-corrected chi connectivity index (χ4v) is 3.33. The van der Waals surface area contributed by atoms with Gasteiger partial charge in [-0.25, -0.2) is 4.98 Å². The van der Waals surface area contributed by atoms with Crippen LogP contribution in [0.15, 0.2) is 54.6 Å². The molecule has 1 heterocycles. The molecule has 1 aromatic heterocycles. The van der Waals surface area contributed by atoms with Gasteiger partial charge >= 0.3 is 0 Å². The number of carbonyl (C=O) groups is 1. The first kappa shape index (κ1) is 18.5. The van der Waals surface area contributed by atoms with Gasteiger partial charge in [-0.2, -0.15) is 0 Å². The van der Waals surface area contributed by atoms with Crippen LogP contribution in [0.3, 0.4) is 0 Å². The molecule has 1 N–H and O–H groups in total. The molecular weight excluding hydrogens is 369 g/mol. The number of benzene rings is 2. The molecular formula is C20H19Cl2N3O. The summed E-state index contributed by atoms with van der Waals surface area (Å²) in [5.41, 5.74) is 3.07. The number of para-hydroxylation sites is 2. The number of aromatic nitrogens is 2. The van der Waals surface area contributed by atoms with E-state index < -0.39 is 0 Å². The standard InChI is InChI=1S/C20H19Cl2N3O/c1-12(2)20(26)23-13(3)19-24-17-9-4-5-10-18(17)25(19)11-14-15(21)7-6-8-16(14)22/h4-10,13H,1,11H2,2-3H3,(H,23,26). The van der Waals surface area contributed by atoms with Crippen molar-refractivity contribution in [3.05, 3.63) is 76.0 Å². The Bertz CT molecular complexity index is 974. The number of halogens is 2. The Morgan fingerprint density at radius 3 is 2.50 bits per heavy atom. The van der Waals surface area contributed by atoms with Crippen molar-refractivity contribution in [1.82, 2.24) is 14.9 Å². The van der Waals surface area contributed by atoms with Gasteiger partial charge in [0.05, 0.1) is 23.6 Å². The molecule has 6 heteroatoms. The molecule has 4 nitrogen and oxygen atoms in total. The van der Waals surface area contributed by atoms with E-state index in [0.717, 1.165) is 22.4 Å². The number of hydrogen-bond acceptors (Lipinski definition) is 2. The van der Waals surface area contributed by atoms with Gasteiger partial charge in [-0.3, -0.25) is 4.79 Å². The number of imidazole rings is 1. The smallest absolute Gasteiger partial charge is 0.246 e. The lowest BCUT2D eigenvalue weighted by atomic mass is 10.2. The Hall–Kier alpha value is -2.30. The van der Waals surface area contributed by atoms with Gasteiger partial charge in [-0.1, -0.05) is 48.0 Å². The van der Waals surface area contributed by atoms with E-state index >= 15 is 0 Å². The van der Waals surface area contributed by atoms with Crippen LogP contribution in [0.5, 0.6) is 0 Å². The Kier molecular flexibility index (Phi) is 5.35. The lowest BCUT2D eigenvalue weighted by Crippen LogP contribution is -2.29. The van der Waals surface area contributed by atoms with Crippen molar-refractivity contribution in [3.63, 3.8) is 0 Å². The minimum atomic E-state index is -0.298. The summed E-state index contributed by atoms with van der Waals surface area (Å²) in [4.78, 5) is 16.7. The van der Waals surface area contributed by atoms with Crippen molar-refractivity contribution in [2.24, 2.45) is 0 Å². The van der Waals surface area contributed by atoms with Crippen molar-refractivity contribution in [1.29, 1.82) is 0 Å². The predicted octanol–water partition coefficient (Wildman–Crippen LogP) is 5.14. The Balaban J connectivity index is 2.08. The molecule has 0 bridgehead atoms. The van der Waals surface area contributed by atoms with E-state index in [2.05, 4.69) is 11.9 Å². The van der Waals surface area contributed by atoms with Gasteiger partial charge in [-0.15, -0.1) is 0 Å². The SMILES string of the molecule is C=C(C)C(=O)NC(C)c1nc2ccccc2n1Cc1c(Cl)cccc1Cl. The van der Waals surface area contributed by atoms with Crippen molar-refractivity contribution >= 4 is 40.1 Å². The van der Waals surface area contributed by atoms with E-state index in [-0.39, 0.29) is 11.9 Å². The summed E-state index contributed by atoms with van der Waals surface area (Å²) in [6, 6.07) is 13.0. The summed E-state index contributed by atoms with van der Waals surface area (Å²) in [5.74, 6) is 0.531. The molecule has 2 aromatic carbocycles. The summed E-state index contributed by atoms with van der Waals surface area (Å²) >= 11 is 12.7. The van der Waals surface area contributed by atoms with E-state index in [1.807, 2.05) is 54.0 Å². The van der Waals surface area contributed by atoms with Gasteiger partial charge in [0.1, 0.15) is 5.82 Å². The van der Waals surface area contributed by atoms with Gasteiger partial charge < -0.3 is 9.88 Å². The monoisotopic (exact) mass is 387 g/mol. The average Bonchev–Trinajstić information content (AvgIpc) is 2.97. The summed E-state index contributed by atoms with van der Waals surface area (Å²) in [7, 11) is 0. The number of carbonyl (C=O) groups excluding carboxylic acids is 1. The normalized spacial score (nSPS) is 12.2. The fourth-order valence-electron chi connectivity index (χ4n) is 2.82. The van der Waals surface area contributed by atoms with E-state index in [1.54, 1.807) is 6.92 Å². The van der Waals surface area contributed by atoms with E-state index in [1.165, 1.54) is 0 Å². The van der Waals surface area contributed by atoms with E-state index in [9.17, 15) is 4.79 Å². The van der Waals surface area contributed by atoms with Gasteiger partial charge in [0.2, 0.25) is 5.91 Å². The zero-order chi connectivity index (χ0) is 18.8. The summed E-state index contributed by atoms with van der Waals surface area (Å²) in [6.07, 6.45) is 0. The van der Waals surface area contributed by atoms with Crippen LogP contribution in [0.25, 0.3) is 11.0 Å². The summed E-state index contributed by atoms with van der Waals surface area (Å²) in [6.45, 7) is 7.71. The molecule has 3 aromatic rings. The number of fused-ring (bicyclic) bond motifs is 1.